The molecule has 1 N–H and O–H groups in total. The molecule has 2 bridgehead atoms. The highest BCUT2D eigenvalue weighted by molar-refractivity contribution is 8.28. The summed E-state index contributed by atoms with van der Waals surface area (Å²) in [4.78, 5) is 21.8. The molecule has 2 aromatic heterocycles. The fourth-order valence-corrected chi connectivity index (χ4v) is 7.59. The number of hydrogen-bond acceptors (Lipinski definition) is 6. The Morgan fingerprint density at radius 2 is 2.12 bits per heavy atom. The molecule has 5 heterocycles. The summed E-state index contributed by atoms with van der Waals surface area (Å²) in [5.41, 5.74) is 1.84. The molecule has 3 aliphatic heterocycles. The fraction of sp³-hybridized carbons (Fsp3) is 0.471. The number of rotatable bonds is 2. The van der Waals surface area contributed by atoms with E-state index in [0.717, 1.165) is 15.2 Å². The van der Waals surface area contributed by atoms with Crippen molar-refractivity contribution in [3.05, 3.63) is 40.3 Å². The molecule has 0 aliphatic carbocycles. The van der Waals surface area contributed by atoms with Crippen LogP contribution in [0.15, 0.2) is 44.7 Å². The molecule has 0 aromatic carbocycles. The maximum Gasteiger partial charge on any atom is 0.256 e. The first kappa shape index (κ1) is 15.7. The van der Waals surface area contributed by atoms with Crippen LogP contribution in [0.1, 0.15) is 25.7 Å². The fourth-order valence-electron chi connectivity index (χ4n) is 4.22. The minimum absolute atomic E-state index is 0.0253. The Morgan fingerprint density at radius 3 is 2.88 bits per heavy atom. The van der Waals surface area contributed by atoms with Crippen molar-refractivity contribution < 1.29 is 0 Å². The second kappa shape index (κ2) is 6.05. The van der Waals surface area contributed by atoms with E-state index in [4.69, 9.17) is 4.99 Å². The zero-order chi connectivity index (χ0) is 17.0. The standard InChI is InChI=1S/C17H21N5OS2/c1-21(13-8-11-5-6-12(9-13)19-11)25-16-15(24-10-18-16)20-17(25)22-7-3-2-4-14(22)23/h2-4,7,10-13,19,25H,5-6,8-9H2,1H3/t11-,12+,13-. The van der Waals surface area contributed by atoms with E-state index in [1.165, 1.54) is 25.7 Å². The van der Waals surface area contributed by atoms with Crippen LogP contribution < -0.4 is 10.9 Å². The molecule has 1 unspecified atom stereocenters. The number of hydrogen-bond donors (Lipinski definition) is 2. The molecule has 132 valence electrons. The summed E-state index contributed by atoms with van der Waals surface area (Å²) in [6.07, 6.45) is 6.74. The highest BCUT2D eigenvalue weighted by Crippen LogP contribution is 2.54. The van der Waals surface area contributed by atoms with Crippen molar-refractivity contribution in [3.8, 4) is 0 Å². The monoisotopic (exact) mass is 375 g/mol. The van der Waals surface area contributed by atoms with Crippen molar-refractivity contribution in [2.24, 2.45) is 4.99 Å². The first-order valence-corrected chi connectivity index (χ1v) is 10.9. The molecule has 6 nitrogen and oxygen atoms in total. The van der Waals surface area contributed by atoms with Gasteiger partial charge in [-0.05, 0) is 38.8 Å². The second-order valence-electron chi connectivity index (χ2n) is 6.95. The van der Waals surface area contributed by atoms with E-state index in [-0.39, 0.29) is 5.56 Å². The molecule has 8 heteroatoms. The smallest absolute Gasteiger partial charge is 0.256 e. The van der Waals surface area contributed by atoms with Crippen LogP contribution in [0.3, 0.4) is 0 Å². The summed E-state index contributed by atoms with van der Waals surface area (Å²) in [7, 11) is 2.19. The number of piperidine rings is 1. The lowest BCUT2D eigenvalue weighted by Crippen LogP contribution is -2.46. The minimum Gasteiger partial charge on any atom is -0.311 e. The van der Waals surface area contributed by atoms with Crippen molar-refractivity contribution >= 4 is 32.6 Å². The summed E-state index contributed by atoms with van der Waals surface area (Å²) < 4.78 is 4.16. The van der Waals surface area contributed by atoms with Crippen LogP contribution in [0.5, 0.6) is 0 Å². The number of fused-ring (bicyclic) bond motifs is 3. The Morgan fingerprint density at radius 1 is 1.32 bits per heavy atom. The van der Waals surface area contributed by atoms with Gasteiger partial charge in [0.1, 0.15) is 5.03 Å². The molecule has 5 rings (SSSR count). The van der Waals surface area contributed by atoms with E-state index in [9.17, 15) is 4.79 Å². The highest BCUT2D eigenvalue weighted by Gasteiger charge is 2.40. The van der Waals surface area contributed by atoms with Gasteiger partial charge < -0.3 is 5.32 Å². The number of aromatic nitrogens is 2. The van der Waals surface area contributed by atoms with Gasteiger partial charge in [0, 0.05) is 30.4 Å². The predicted molar refractivity (Wildman–Crippen MR) is 103 cm³/mol. The van der Waals surface area contributed by atoms with Crippen molar-refractivity contribution in [1.82, 2.24) is 19.2 Å². The summed E-state index contributed by atoms with van der Waals surface area (Å²) in [5.74, 6) is 0. The Labute approximate surface area is 153 Å². The molecule has 25 heavy (non-hydrogen) atoms. The molecule has 0 amide bonds. The SMILES string of the molecule is CN([C@@H]1C[C@H]2CC[C@@H](C1)N2)[SH]1C(n2ccccc2=O)=Nc2scnc21. The number of thiol groups is 1. The average molecular weight is 376 g/mol. The van der Waals surface area contributed by atoms with Gasteiger partial charge in [-0.25, -0.2) is 9.98 Å². The van der Waals surface area contributed by atoms with Gasteiger partial charge in [-0.1, -0.05) is 17.1 Å². The van der Waals surface area contributed by atoms with E-state index in [1.807, 2.05) is 17.8 Å². The van der Waals surface area contributed by atoms with E-state index in [0.29, 0.717) is 18.1 Å². The topological polar surface area (TPSA) is 62.5 Å². The predicted octanol–water partition coefficient (Wildman–Crippen LogP) is 2.34. The van der Waals surface area contributed by atoms with Gasteiger partial charge in [0.05, 0.1) is 5.51 Å². The van der Waals surface area contributed by atoms with Crippen LogP contribution in [0.4, 0.5) is 5.00 Å². The van der Waals surface area contributed by atoms with Gasteiger partial charge in [-0.15, -0.1) is 11.3 Å². The lowest BCUT2D eigenvalue weighted by atomic mass is 10.0. The van der Waals surface area contributed by atoms with Crippen molar-refractivity contribution in [1.29, 1.82) is 0 Å². The molecule has 2 fully saturated rings. The van der Waals surface area contributed by atoms with Gasteiger partial charge in [-0.3, -0.25) is 13.7 Å². The molecule has 0 saturated carbocycles. The third-order valence-electron chi connectivity index (χ3n) is 5.45. The molecule has 0 spiro atoms. The van der Waals surface area contributed by atoms with Gasteiger partial charge in [0.25, 0.3) is 5.56 Å². The van der Waals surface area contributed by atoms with Crippen LogP contribution in [-0.4, -0.2) is 44.2 Å². The largest absolute Gasteiger partial charge is 0.311 e. The molecule has 0 radical (unpaired) electrons. The minimum atomic E-state index is -0.856. The first-order chi connectivity index (χ1) is 12.2. The maximum absolute atomic E-state index is 12.4. The Hall–Kier alpha value is -1.48. The van der Waals surface area contributed by atoms with E-state index < -0.39 is 11.1 Å². The van der Waals surface area contributed by atoms with E-state index in [1.54, 1.807) is 28.0 Å². The van der Waals surface area contributed by atoms with Crippen LogP contribution in [0.25, 0.3) is 0 Å². The van der Waals surface area contributed by atoms with Crippen LogP contribution in [0, 0.1) is 0 Å². The molecule has 2 aromatic rings. The van der Waals surface area contributed by atoms with Crippen LogP contribution >= 0.6 is 22.4 Å². The Balaban J connectivity index is 1.52. The lowest BCUT2D eigenvalue weighted by molar-refractivity contribution is 0.264. The van der Waals surface area contributed by atoms with Gasteiger partial charge >= 0.3 is 0 Å². The van der Waals surface area contributed by atoms with Gasteiger partial charge in [-0.2, -0.15) is 0 Å². The lowest BCUT2D eigenvalue weighted by Gasteiger charge is -2.40. The van der Waals surface area contributed by atoms with E-state index >= 15 is 0 Å². The third-order valence-corrected chi connectivity index (χ3v) is 8.70. The number of nitrogens with one attached hydrogen (secondary N) is 1. The normalized spacial score (nSPS) is 32.0. The van der Waals surface area contributed by atoms with Gasteiger partial charge in [0.2, 0.25) is 0 Å². The second-order valence-corrected chi connectivity index (χ2v) is 9.86. The highest BCUT2D eigenvalue weighted by atomic mass is 32.2. The molecule has 2 saturated heterocycles. The van der Waals surface area contributed by atoms with Crippen molar-refractivity contribution in [2.45, 2.75) is 48.8 Å². The zero-order valence-corrected chi connectivity index (χ0v) is 15.7. The first-order valence-electron chi connectivity index (χ1n) is 8.70. The summed E-state index contributed by atoms with van der Waals surface area (Å²) >= 11 is 0.704. The number of pyridine rings is 1. The summed E-state index contributed by atoms with van der Waals surface area (Å²) in [6, 6.07) is 7.06. The van der Waals surface area contributed by atoms with Crippen LogP contribution in [0.2, 0.25) is 0 Å². The van der Waals surface area contributed by atoms with Crippen LogP contribution in [-0.2, 0) is 0 Å². The van der Waals surface area contributed by atoms with E-state index in [2.05, 4.69) is 21.7 Å². The van der Waals surface area contributed by atoms with Crippen molar-refractivity contribution in [2.75, 3.05) is 7.05 Å². The summed E-state index contributed by atoms with van der Waals surface area (Å²) in [6.45, 7) is 0. The zero-order valence-electron chi connectivity index (χ0n) is 14.0. The Kier molecular flexibility index (Phi) is 3.81. The maximum atomic E-state index is 12.4. The van der Waals surface area contributed by atoms with Crippen molar-refractivity contribution in [3.63, 3.8) is 0 Å². The number of aliphatic imine (C=N–C) groups is 1. The molecular weight excluding hydrogens is 354 g/mol. The quantitative estimate of drug-likeness (QED) is 0.791. The Bertz CT molecular complexity index is 879. The number of thiazole rings is 1. The average Bonchev–Trinajstić information content (AvgIpc) is 3.29. The molecule has 4 atom stereocenters. The third kappa shape index (κ3) is 2.59. The molecular formula is C17H21N5OS2. The van der Waals surface area contributed by atoms with Gasteiger partial charge in [0.15, 0.2) is 10.2 Å². The molecule has 3 aliphatic rings. The number of nitrogens with zero attached hydrogens (tertiary/aromatic N) is 4. The summed E-state index contributed by atoms with van der Waals surface area (Å²) in [5, 5.41) is 6.58.